The summed E-state index contributed by atoms with van der Waals surface area (Å²) in [7, 11) is -4.53. The third-order valence-electron chi connectivity index (χ3n) is 1.45. The van der Waals surface area contributed by atoms with Gasteiger partial charge in [0.2, 0.25) is 0 Å². The summed E-state index contributed by atoms with van der Waals surface area (Å²) in [5.41, 5.74) is -0.118. The third-order valence-corrected chi connectivity index (χ3v) is 2.30. The Morgan fingerprint density at radius 3 is 1.88 bits per heavy atom. The van der Waals surface area contributed by atoms with Crippen molar-refractivity contribution in [2.45, 2.75) is 4.90 Å². The summed E-state index contributed by atoms with van der Waals surface area (Å²) in [4.78, 5) is 13.3. The van der Waals surface area contributed by atoms with Crippen LogP contribution in [0.3, 0.4) is 0 Å². The number of benzene rings is 1. The van der Waals surface area contributed by atoms with Crippen LogP contribution in [0.25, 0.3) is 0 Å². The van der Waals surface area contributed by atoms with Crippen LogP contribution in [0, 0.1) is 0 Å². The summed E-state index contributed by atoms with van der Waals surface area (Å²) >= 11 is 0. The van der Waals surface area contributed by atoms with E-state index in [9.17, 15) is 23.0 Å². The molecule has 6 nitrogen and oxygen atoms in total. The molecule has 1 aromatic rings. The van der Waals surface area contributed by atoms with Crippen molar-refractivity contribution >= 4 is 16.1 Å². The molecule has 16 heavy (non-hydrogen) atoms. The average Bonchev–Trinajstić information content (AvgIpc) is 2.15. The first-order chi connectivity index (χ1) is 6.45. The van der Waals surface area contributed by atoms with E-state index in [2.05, 4.69) is 4.89 Å². The van der Waals surface area contributed by atoms with Gasteiger partial charge in [0, 0.05) is 0 Å². The van der Waals surface area contributed by atoms with Gasteiger partial charge in [0.15, 0.2) is 0 Å². The summed E-state index contributed by atoms with van der Waals surface area (Å²) in [5.74, 6) is -1.14. The quantitative estimate of drug-likeness (QED) is 0.232. The minimum Gasteiger partial charge on any atom is -0.744 e. The van der Waals surface area contributed by atoms with Crippen molar-refractivity contribution in [3.8, 4) is 0 Å². The fourth-order valence-electron chi connectivity index (χ4n) is 0.806. The molecule has 1 aromatic carbocycles. The molecule has 0 aliphatic heterocycles. The molecule has 0 N–H and O–H groups in total. The normalized spacial score (nSPS) is 9.62. The van der Waals surface area contributed by atoms with E-state index >= 15 is 0 Å². The maximum atomic E-state index is 10.6. The van der Waals surface area contributed by atoms with Crippen LogP contribution in [0.5, 0.6) is 0 Å². The molecule has 0 heterocycles. The summed E-state index contributed by atoms with van der Waals surface area (Å²) in [5, 5.41) is 9.68. The molecule has 0 amide bonds. The molecule has 0 saturated carbocycles. The van der Waals surface area contributed by atoms with Gasteiger partial charge in [-0.3, -0.25) is 0 Å². The van der Waals surface area contributed by atoms with E-state index in [0.29, 0.717) is 0 Å². The van der Waals surface area contributed by atoms with E-state index in [1.807, 2.05) is 0 Å². The van der Waals surface area contributed by atoms with Gasteiger partial charge >= 0.3 is 109 Å². The molecule has 0 unspecified atom stereocenters. The van der Waals surface area contributed by atoms with Crippen LogP contribution in [0.15, 0.2) is 29.2 Å². The standard InChI is InChI=1S/C7H6O6S.2K/c8-7(13-9)5-1-3-6(4-2-5)14(10,11)12;;/h1-4,9H,(H,10,11,12);;/q;2*+1/p-2. The van der Waals surface area contributed by atoms with Crippen LogP contribution in [-0.2, 0) is 15.0 Å². The summed E-state index contributed by atoms with van der Waals surface area (Å²) in [6.07, 6.45) is 0. The average molecular weight is 294 g/mol. The molecule has 0 bridgehead atoms. The first-order valence-electron chi connectivity index (χ1n) is 3.35. The van der Waals surface area contributed by atoms with Crippen molar-refractivity contribution in [3.05, 3.63) is 29.8 Å². The Morgan fingerprint density at radius 1 is 1.12 bits per heavy atom. The summed E-state index contributed by atoms with van der Waals surface area (Å²) in [6, 6.07) is 3.89. The second-order valence-corrected chi connectivity index (χ2v) is 3.73. The molecule has 0 saturated heterocycles. The van der Waals surface area contributed by atoms with Gasteiger partial charge in [0.25, 0.3) is 0 Å². The predicted molar refractivity (Wildman–Crippen MR) is 39.8 cm³/mol. The molecule has 9 heteroatoms. The minimum absolute atomic E-state index is 0. The summed E-state index contributed by atoms with van der Waals surface area (Å²) in [6.45, 7) is 0. The van der Waals surface area contributed by atoms with Crippen molar-refractivity contribution < 1.29 is 131 Å². The Bertz CT molecular complexity index is 440. The van der Waals surface area contributed by atoms with Crippen LogP contribution in [0.2, 0.25) is 0 Å². The van der Waals surface area contributed by atoms with E-state index in [1.54, 1.807) is 0 Å². The van der Waals surface area contributed by atoms with Gasteiger partial charge in [0.1, 0.15) is 10.1 Å². The van der Waals surface area contributed by atoms with E-state index in [4.69, 9.17) is 0 Å². The zero-order chi connectivity index (χ0) is 10.8. The maximum Gasteiger partial charge on any atom is 1.00 e. The van der Waals surface area contributed by atoms with Crippen LogP contribution in [0.4, 0.5) is 0 Å². The van der Waals surface area contributed by atoms with Crippen molar-refractivity contribution in [2.24, 2.45) is 0 Å². The number of hydrogen-bond donors (Lipinski definition) is 0. The zero-order valence-corrected chi connectivity index (χ0v) is 15.7. The van der Waals surface area contributed by atoms with Crippen LogP contribution < -0.4 is 108 Å². The van der Waals surface area contributed by atoms with E-state index in [0.717, 1.165) is 24.3 Å². The molecule has 0 spiro atoms. The van der Waals surface area contributed by atoms with Crippen LogP contribution in [0.1, 0.15) is 10.4 Å². The number of carbonyl (C=O) groups is 1. The Balaban J connectivity index is 0. The number of carbonyl (C=O) groups excluding carboxylic acids is 1. The molecule has 0 atom stereocenters. The van der Waals surface area contributed by atoms with Gasteiger partial charge in [0.05, 0.1) is 10.5 Å². The van der Waals surface area contributed by atoms with Crippen molar-refractivity contribution in [1.82, 2.24) is 0 Å². The second kappa shape index (κ2) is 8.85. The predicted octanol–water partition coefficient (Wildman–Crippen LogP) is -6.97. The van der Waals surface area contributed by atoms with E-state index in [1.165, 1.54) is 0 Å². The van der Waals surface area contributed by atoms with Gasteiger partial charge in [-0.05, 0) is 24.3 Å². The van der Waals surface area contributed by atoms with Crippen molar-refractivity contribution in [2.75, 3.05) is 0 Å². The van der Waals surface area contributed by atoms with E-state index in [-0.39, 0.29) is 108 Å². The van der Waals surface area contributed by atoms with Crippen molar-refractivity contribution in [1.29, 1.82) is 0 Å². The molecule has 1 rings (SSSR count). The van der Waals surface area contributed by atoms with Crippen LogP contribution >= 0.6 is 0 Å². The summed E-state index contributed by atoms with van der Waals surface area (Å²) < 4.78 is 31.4. The molecule has 0 radical (unpaired) electrons. The third kappa shape index (κ3) is 6.13. The maximum absolute atomic E-state index is 10.6. The Morgan fingerprint density at radius 2 is 1.56 bits per heavy atom. The second-order valence-electron chi connectivity index (χ2n) is 2.35. The van der Waals surface area contributed by atoms with Gasteiger partial charge in [-0.25, -0.2) is 13.2 Å². The van der Waals surface area contributed by atoms with Crippen LogP contribution in [-0.4, -0.2) is 18.9 Å². The molecule has 0 aliphatic carbocycles. The largest absolute Gasteiger partial charge is 1.00 e. The molecular formula is C7H4K2O6S. The molecule has 0 aliphatic rings. The molecule has 0 fully saturated rings. The first-order valence-corrected chi connectivity index (χ1v) is 4.76. The fourth-order valence-corrected chi connectivity index (χ4v) is 1.28. The number of rotatable bonds is 2. The Hall–Kier alpha value is 1.83. The topological polar surface area (TPSA) is 107 Å². The van der Waals surface area contributed by atoms with Gasteiger partial charge in [-0.2, -0.15) is 0 Å². The number of hydrogen-bond acceptors (Lipinski definition) is 6. The monoisotopic (exact) mass is 294 g/mol. The molecule has 76 valence electrons. The Kier molecular flexibility index (Phi) is 11.2. The van der Waals surface area contributed by atoms with E-state index < -0.39 is 21.0 Å². The van der Waals surface area contributed by atoms with Gasteiger partial charge < -0.3 is 14.7 Å². The molecular weight excluding hydrogens is 290 g/mol. The van der Waals surface area contributed by atoms with Crippen molar-refractivity contribution in [3.63, 3.8) is 0 Å². The fraction of sp³-hybridized carbons (Fsp3) is 0. The molecule has 0 aromatic heterocycles. The van der Waals surface area contributed by atoms with Gasteiger partial charge in [-0.1, -0.05) is 0 Å². The first kappa shape index (κ1) is 20.2. The zero-order valence-electron chi connectivity index (χ0n) is 8.67. The Labute approximate surface area is 177 Å². The minimum atomic E-state index is -4.53. The van der Waals surface area contributed by atoms with Gasteiger partial charge in [-0.15, -0.1) is 0 Å². The smallest absolute Gasteiger partial charge is 0.744 e. The SMILES string of the molecule is O=C(O[O-])c1ccc(S(=O)(=O)[O-])cc1.[K+].[K+].